The quantitative estimate of drug-likeness (QED) is 0.352. The number of aromatic nitrogens is 2. The van der Waals surface area contributed by atoms with Gasteiger partial charge in [-0.2, -0.15) is 0 Å². The summed E-state index contributed by atoms with van der Waals surface area (Å²) in [5, 5.41) is 2.84. The number of carbonyl (C=O) groups excluding carboxylic acids is 1. The van der Waals surface area contributed by atoms with Crippen molar-refractivity contribution in [3.8, 4) is 21.8 Å². The summed E-state index contributed by atoms with van der Waals surface area (Å²) in [6, 6.07) is 21.7. The van der Waals surface area contributed by atoms with E-state index in [0.29, 0.717) is 16.9 Å². The molecule has 0 saturated carbocycles. The second-order valence-corrected chi connectivity index (χ2v) is 8.55. The molecule has 2 aromatic carbocycles. The average molecular weight is 424 g/mol. The van der Waals surface area contributed by atoms with E-state index in [4.69, 9.17) is 10.7 Å². The summed E-state index contributed by atoms with van der Waals surface area (Å²) in [7, 11) is 0. The van der Waals surface area contributed by atoms with Crippen molar-refractivity contribution in [2.75, 3.05) is 5.73 Å². The van der Waals surface area contributed by atoms with E-state index in [1.54, 1.807) is 0 Å². The molecule has 31 heavy (non-hydrogen) atoms. The fraction of sp³-hybridized carbons (Fsp3) is 0.0769. The number of nitrogens with two attached hydrogens (primary N) is 1. The van der Waals surface area contributed by atoms with E-state index < -0.39 is 0 Å². The molecule has 0 unspecified atom stereocenters. The molecule has 0 fully saturated rings. The monoisotopic (exact) mass is 423 g/mol. The minimum absolute atomic E-state index is 0.0970. The lowest BCUT2D eigenvalue weighted by Gasteiger charge is -2.04. The molecule has 0 saturated heterocycles. The first-order valence-electron chi connectivity index (χ1n) is 10.1. The maximum atomic E-state index is 13.4. The van der Waals surface area contributed by atoms with E-state index in [2.05, 4.69) is 31.2 Å². The Bertz CT molecular complexity index is 1410. The summed E-state index contributed by atoms with van der Waals surface area (Å²) >= 11 is 1.54. The van der Waals surface area contributed by atoms with Crippen molar-refractivity contribution in [3.63, 3.8) is 0 Å². The summed E-state index contributed by atoms with van der Waals surface area (Å²) in [5.74, 6) is -0.0970. The molecule has 5 heteroatoms. The second-order valence-electron chi connectivity index (χ2n) is 7.69. The molecule has 0 aliphatic heterocycles. The summed E-state index contributed by atoms with van der Waals surface area (Å²) < 4.78 is 1.87. The van der Waals surface area contributed by atoms with Crippen molar-refractivity contribution in [2.45, 2.75) is 13.8 Å². The Balaban J connectivity index is 1.65. The number of pyridine rings is 1. The van der Waals surface area contributed by atoms with Gasteiger partial charge in [0, 0.05) is 22.7 Å². The Morgan fingerprint density at radius 1 is 0.935 bits per heavy atom. The molecule has 152 valence electrons. The van der Waals surface area contributed by atoms with Gasteiger partial charge in [0.1, 0.15) is 10.7 Å². The number of nitrogens with zero attached hydrogens (tertiary/aromatic N) is 2. The summed E-state index contributed by atoms with van der Waals surface area (Å²) in [6.07, 6.45) is 1.88. The first-order valence-corrected chi connectivity index (χ1v) is 10.9. The molecule has 4 nitrogen and oxygen atoms in total. The Hall–Kier alpha value is -3.70. The highest BCUT2D eigenvalue weighted by atomic mass is 32.1. The van der Waals surface area contributed by atoms with Gasteiger partial charge in [0.05, 0.1) is 22.5 Å². The summed E-state index contributed by atoms with van der Waals surface area (Å²) in [4.78, 5) is 18.2. The van der Waals surface area contributed by atoms with E-state index in [0.717, 1.165) is 32.9 Å². The van der Waals surface area contributed by atoms with Crippen LogP contribution in [0.3, 0.4) is 0 Å². The van der Waals surface area contributed by atoms with Crippen LogP contribution in [0, 0.1) is 13.8 Å². The van der Waals surface area contributed by atoms with E-state index >= 15 is 0 Å². The molecular formula is C26H21N3OS. The third-order valence-corrected chi connectivity index (χ3v) is 6.34. The third kappa shape index (κ3) is 3.33. The normalized spacial score (nSPS) is 11.2. The predicted molar refractivity (Wildman–Crippen MR) is 128 cm³/mol. The molecule has 0 radical (unpaired) electrons. The van der Waals surface area contributed by atoms with Gasteiger partial charge in [-0.05, 0) is 26.0 Å². The number of thiazole rings is 1. The van der Waals surface area contributed by atoms with Crippen molar-refractivity contribution in [3.05, 3.63) is 101 Å². The van der Waals surface area contributed by atoms with Crippen molar-refractivity contribution >= 4 is 28.3 Å². The summed E-state index contributed by atoms with van der Waals surface area (Å²) in [6.45, 7) is 4.07. The zero-order chi connectivity index (χ0) is 21.5. The highest BCUT2D eigenvalue weighted by Gasteiger charge is 2.24. The van der Waals surface area contributed by atoms with Gasteiger partial charge in [-0.15, -0.1) is 11.3 Å². The zero-order valence-corrected chi connectivity index (χ0v) is 18.1. The van der Waals surface area contributed by atoms with Crippen molar-refractivity contribution < 1.29 is 4.79 Å². The third-order valence-electron chi connectivity index (χ3n) is 5.48. The number of ketones is 1. The molecule has 0 atom stereocenters. The minimum atomic E-state index is -0.0970. The van der Waals surface area contributed by atoms with Gasteiger partial charge in [0.25, 0.3) is 0 Å². The highest BCUT2D eigenvalue weighted by molar-refractivity contribution is 7.13. The van der Waals surface area contributed by atoms with Crippen LogP contribution in [0.2, 0.25) is 0 Å². The molecule has 0 bridgehead atoms. The van der Waals surface area contributed by atoms with E-state index in [1.807, 2.05) is 65.4 Å². The van der Waals surface area contributed by atoms with Gasteiger partial charge < -0.3 is 10.1 Å². The molecule has 5 aromatic rings. The largest absolute Gasteiger partial charge is 0.396 e. The van der Waals surface area contributed by atoms with E-state index in [-0.39, 0.29) is 5.78 Å². The average Bonchev–Trinajstić information content (AvgIpc) is 3.36. The van der Waals surface area contributed by atoms with E-state index in [1.165, 1.54) is 16.9 Å². The lowest BCUT2D eigenvalue weighted by atomic mass is 10.1. The van der Waals surface area contributed by atoms with Crippen LogP contribution in [0.5, 0.6) is 0 Å². The van der Waals surface area contributed by atoms with Gasteiger partial charge in [-0.3, -0.25) is 4.79 Å². The first-order chi connectivity index (χ1) is 15.0. The van der Waals surface area contributed by atoms with Crippen molar-refractivity contribution in [1.29, 1.82) is 0 Å². The molecule has 0 aliphatic rings. The molecule has 0 aliphatic carbocycles. The minimum Gasteiger partial charge on any atom is -0.396 e. The Morgan fingerprint density at radius 3 is 2.32 bits per heavy atom. The Kier molecular flexibility index (Phi) is 4.68. The fourth-order valence-corrected chi connectivity index (χ4v) is 4.67. The Labute approximate surface area is 184 Å². The molecule has 0 amide bonds. The number of hydrogen-bond acceptors (Lipinski definition) is 4. The molecular weight excluding hydrogens is 402 g/mol. The van der Waals surface area contributed by atoms with Crippen molar-refractivity contribution in [2.24, 2.45) is 0 Å². The van der Waals surface area contributed by atoms with Gasteiger partial charge in [0.2, 0.25) is 5.78 Å². The molecule has 5 rings (SSSR count). The topological polar surface area (TPSA) is 60.4 Å². The smallest absolute Gasteiger partial charge is 0.211 e. The number of fused-ring (bicyclic) bond motifs is 1. The lowest BCUT2D eigenvalue weighted by Crippen LogP contribution is -2.08. The second kappa shape index (κ2) is 7.52. The molecule has 3 aromatic heterocycles. The van der Waals surface area contributed by atoms with Gasteiger partial charge >= 0.3 is 0 Å². The molecule has 2 N–H and O–H groups in total. The molecule has 0 spiro atoms. The standard InChI is InChI=1S/C26H21N3OS/c1-16-6-10-18(11-7-16)20-15-31-26(28-20)22-21-5-3-4-14-29(21)24(23(22)27)25(30)19-12-8-17(2)9-13-19/h3-15H,27H2,1-2H3. The first kappa shape index (κ1) is 19.3. The van der Waals surface area contributed by atoms with Crippen LogP contribution in [0.1, 0.15) is 27.2 Å². The molecule has 3 heterocycles. The fourth-order valence-electron chi connectivity index (χ4n) is 3.77. The maximum Gasteiger partial charge on any atom is 0.211 e. The Morgan fingerprint density at radius 2 is 1.61 bits per heavy atom. The van der Waals surface area contributed by atoms with Gasteiger partial charge in [-0.1, -0.05) is 65.7 Å². The number of hydrogen-bond donors (Lipinski definition) is 1. The van der Waals surface area contributed by atoms with Crippen molar-refractivity contribution in [1.82, 2.24) is 9.38 Å². The SMILES string of the molecule is Cc1ccc(C(=O)c2c(N)c(-c3nc(-c4ccc(C)cc4)cs3)c3ccccn23)cc1. The van der Waals surface area contributed by atoms with Gasteiger partial charge in [-0.25, -0.2) is 4.98 Å². The predicted octanol–water partition coefficient (Wildman–Crippen LogP) is 6.16. The zero-order valence-electron chi connectivity index (χ0n) is 17.3. The van der Waals surface area contributed by atoms with Crippen LogP contribution < -0.4 is 5.73 Å². The highest BCUT2D eigenvalue weighted by Crippen LogP contribution is 2.39. The number of carbonyl (C=O) groups is 1. The number of benzene rings is 2. The van der Waals surface area contributed by atoms with Crippen LogP contribution in [-0.2, 0) is 0 Å². The van der Waals surface area contributed by atoms with Crippen LogP contribution in [0.4, 0.5) is 5.69 Å². The lowest BCUT2D eigenvalue weighted by molar-refractivity contribution is 0.103. The van der Waals surface area contributed by atoms with Crippen LogP contribution in [-0.4, -0.2) is 15.2 Å². The van der Waals surface area contributed by atoms with Crippen LogP contribution in [0.15, 0.2) is 78.3 Å². The number of aryl methyl sites for hydroxylation is 2. The summed E-state index contributed by atoms with van der Waals surface area (Å²) in [5.41, 5.74) is 14.1. The number of nitrogen functional groups attached to an aromatic ring is 1. The van der Waals surface area contributed by atoms with E-state index in [9.17, 15) is 4.79 Å². The van der Waals surface area contributed by atoms with Gasteiger partial charge in [0.15, 0.2) is 0 Å². The number of anilines is 1. The van der Waals surface area contributed by atoms with Crippen LogP contribution in [0.25, 0.3) is 27.3 Å². The maximum absolute atomic E-state index is 13.4. The number of rotatable bonds is 4. The van der Waals surface area contributed by atoms with Crippen LogP contribution >= 0.6 is 11.3 Å².